The fourth-order valence-corrected chi connectivity index (χ4v) is 3.88. The Morgan fingerprint density at radius 2 is 1.97 bits per heavy atom. The first-order valence-electron chi connectivity index (χ1n) is 8.88. The van der Waals surface area contributed by atoms with Gasteiger partial charge in [0.15, 0.2) is 16.7 Å². The van der Waals surface area contributed by atoms with Gasteiger partial charge < -0.3 is 20.2 Å². The van der Waals surface area contributed by atoms with Crippen molar-refractivity contribution in [2.45, 2.75) is 50.9 Å². The second kappa shape index (κ2) is 8.30. The number of β-lactam (4-membered cyclic amide) rings is 1. The summed E-state index contributed by atoms with van der Waals surface area (Å²) in [5.41, 5.74) is 2.08. The highest BCUT2D eigenvalue weighted by Gasteiger charge is 2.52. The summed E-state index contributed by atoms with van der Waals surface area (Å²) < 4.78 is 21.7. The van der Waals surface area contributed by atoms with E-state index in [-0.39, 0.29) is 34.6 Å². The Labute approximate surface area is 174 Å². The molecule has 3 atom stereocenters. The zero-order valence-corrected chi connectivity index (χ0v) is 17.6. The van der Waals surface area contributed by atoms with Gasteiger partial charge in [-0.05, 0) is 39.3 Å². The highest BCUT2D eigenvalue weighted by atomic mass is 32.2. The third-order valence-corrected chi connectivity index (χ3v) is 6.28. The lowest BCUT2D eigenvalue weighted by atomic mass is 9.92. The molecule has 1 aromatic carbocycles. The number of carbonyl (C=O) groups is 3. The van der Waals surface area contributed by atoms with Crippen LogP contribution < -0.4 is 5.43 Å². The fraction of sp³-hybridized carbons (Fsp3) is 0.444. The van der Waals surface area contributed by atoms with E-state index in [9.17, 15) is 38.1 Å². The van der Waals surface area contributed by atoms with Crippen LogP contribution in [0.25, 0.3) is 0 Å². The molecule has 11 nitrogen and oxygen atoms in total. The number of nitrogens with zero attached hydrogens (tertiary/aromatic N) is 2. The van der Waals surface area contributed by atoms with Crippen LogP contribution in [0.15, 0.2) is 11.2 Å². The van der Waals surface area contributed by atoms with Crippen LogP contribution in [0.4, 0.5) is 0 Å². The molecule has 0 aliphatic carbocycles. The number of aliphatic carboxylic acids is 1. The highest BCUT2D eigenvalue weighted by Crippen LogP contribution is 2.32. The number of amides is 2. The van der Waals surface area contributed by atoms with Crippen LogP contribution in [-0.2, 0) is 20.3 Å². The molecule has 30 heavy (non-hydrogen) atoms. The molecular weight excluding hydrogens is 418 g/mol. The number of likely N-dealkylation sites (tertiary alicyclic amines) is 1. The number of aromatic hydroxyl groups is 2. The number of hydrazone groups is 1. The van der Waals surface area contributed by atoms with Gasteiger partial charge in [-0.2, -0.15) is 5.10 Å². The molecule has 0 bridgehead atoms. The van der Waals surface area contributed by atoms with Gasteiger partial charge in [0.1, 0.15) is 16.2 Å². The number of aryl methyl sites for hydroxylation is 1. The van der Waals surface area contributed by atoms with Crippen LogP contribution in [-0.4, -0.2) is 69.5 Å². The van der Waals surface area contributed by atoms with Crippen LogP contribution in [0.1, 0.15) is 41.8 Å². The standard InChI is InChI=1S/C18H23N3O8S/c1-8-5-11(22)10(3)13(14(8)24)16(25)20-19-7-18(4,30(28)29)15(17(26)27)21-9(2)6-12(21)23/h5,7,9,15,22,24,30H,6H2,1-4H3,(H,20,25)(H,26,27)/b19-7+/t9-,15+,18+/m1/s1. The average molecular weight is 441 g/mol. The summed E-state index contributed by atoms with van der Waals surface area (Å²) in [6.45, 7) is 5.52. The largest absolute Gasteiger partial charge is 0.508 e. The number of rotatable bonds is 7. The first-order chi connectivity index (χ1) is 13.8. The fourth-order valence-electron chi connectivity index (χ4n) is 3.30. The van der Waals surface area contributed by atoms with Gasteiger partial charge in [0, 0.05) is 24.2 Å². The molecule has 164 valence electrons. The number of thiol groups is 1. The summed E-state index contributed by atoms with van der Waals surface area (Å²) in [5.74, 6) is -3.61. The number of phenols is 2. The highest BCUT2D eigenvalue weighted by molar-refractivity contribution is 7.75. The molecule has 1 fully saturated rings. The molecule has 1 saturated heterocycles. The van der Waals surface area contributed by atoms with Gasteiger partial charge in [0.25, 0.3) is 5.91 Å². The minimum atomic E-state index is -3.43. The third kappa shape index (κ3) is 3.95. The van der Waals surface area contributed by atoms with E-state index in [4.69, 9.17) is 0 Å². The molecule has 1 aromatic rings. The molecule has 2 amide bonds. The van der Waals surface area contributed by atoms with Crippen molar-refractivity contribution >= 4 is 34.7 Å². The summed E-state index contributed by atoms with van der Waals surface area (Å²) in [6.07, 6.45) is 0.828. The molecular formula is C18H23N3O8S. The molecule has 0 spiro atoms. The van der Waals surface area contributed by atoms with E-state index >= 15 is 0 Å². The van der Waals surface area contributed by atoms with Gasteiger partial charge in [0.05, 0.1) is 5.56 Å². The number of hydrogen-bond acceptors (Lipinski definition) is 8. The minimum Gasteiger partial charge on any atom is -0.508 e. The molecule has 4 N–H and O–H groups in total. The van der Waals surface area contributed by atoms with E-state index in [1.54, 1.807) is 6.92 Å². The number of phenolic OH excluding ortho intramolecular Hbond substituents is 2. The Hall–Kier alpha value is -3.15. The van der Waals surface area contributed by atoms with E-state index < -0.39 is 45.3 Å². The molecule has 1 aliphatic heterocycles. The Kier molecular flexibility index (Phi) is 6.40. The topological polar surface area (TPSA) is 174 Å². The predicted octanol–water partition coefficient (Wildman–Crippen LogP) is -0.126. The second-order valence-electron chi connectivity index (χ2n) is 7.34. The first-order valence-corrected chi connectivity index (χ1v) is 10.1. The molecule has 0 radical (unpaired) electrons. The second-order valence-corrected chi connectivity index (χ2v) is 8.82. The lowest BCUT2D eigenvalue weighted by Gasteiger charge is -2.45. The maximum Gasteiger partial charge on any atom is 0.328 e. The Balaban J connectivity index is 2.37. The molecule has 12 heteroatoms. The smallest absolute Gasteiger partial charge is 0.328 e. The number of nitrogens with one attached hydrogen (secondary N) is 1. The Morgan fingerprint density at radius 3 is 2.43 bits per heavy atom. The van der Waals surface area contributed by atoms with Crippen molar-refractivity contribution in [3.8, 4) is 11.5 Å². The average Bonchev–Trinajstić information content (AvgIpc) is 2.64. The number of benzene rings is 1. The quantitative estimate of drug-likeness (QED) is 0.128. The van der Waals surface area contributed by atoms with Gasteiger partial charge in [-0.15, -0.1) is 0 Å². The Morgan fingerprint density at radius 1 is 1.37 bits per heavy atom. The number of hydrogen-bond donors (Lipinski definition) is 5. The zero-order valence-electron chi connectivity index (χ0n) is 16.7. The third-order valence-electron chi connectivity index (χ3n) is 5.13. The van der Waals surface area contributed by atoms with Crippen molar-refractivity contribution in [3.63, 3.8) is 0 Å². The van der Waals surface area contributed by atoms with Gasteiger partial charge in [0.2, 0.25) is 5.91 Å². The van der Waals surface area contributed by atoms with Crippen molar-refractivity contribution in [1.29, 1.82) is 0 Å². The Bertz CT molecular complexity index is 985. The minimum absolute atomic E-state index is 0.0758. The van der Waals surface area contributed by atoms with Crippen molar-refractivity contribution in [2.24, 2.45) is 5.10 Å². The van der Waals surface area contributed by atoms with Crippen molar-refractivity contribution in [2.75, 3.05) is 0 Å². The van der Waals surface area contributed by atoms with E-state index in [1.165, 1.54) is 19.9 Å². The van der Waals surface area contributed by atoms with Crippen molar-refractivity contribution in [1.82, 2.24) is 10.3 Å². The van der Waals surface area contributed by atoms with Crippen LogP contribution in [0.2, 0.25) is 0 Å². The monoisotopic (exact) mass is 441 g/mol. The van der Waals surface area contributed by atoms with Crippen LogP contribution in [0.5, 0.6) is 11.5 Å². The summed E-state index contributed by atoms with van der Waals surface area (Å²) >= 11 is 0. The molecule has 0 aromatic heterocycles. The van der Waals surface area contributed by atoms with Gasteiger partial charge >= 0.3 is 5.97 Å². The van der Waals surface area contributed by atoms with Crippen LogP contribution in [0.3, 0.4) is 0 Å². The number of carboxylic acid groups (broad SMARTS) is 1. The van der Waals surface area contributed by atoms with Crippen molar-refractivity contribution < 1.29 is 38.1 Å². The van der Waals surface area contributed by atoms with Gasteiger partial charge in [-0.25, -0.2) is 18.6 Å². The van der Waals surface area contributed by atoms with Crippen LogP contribution in [0, 0.1) is 13.8 Å². The molecule has 0 saturated carbocycles. The predicted molar refractivity (Wildman–Crippen MR) is 106 cm³/mol. The zero-order chi connectivity index (χ0) is 23.0. The number of carbonyl (C=O) groups excluding carboxylic acids is 2. The summed E-state index contributed by atoms with van der Waals surface area (Å²) in [5, 5.41) is 33.1. The first kappa shape index (κ1) is 23.1. The SMILES string of the molecule is Cc1cc(O)c(C)c(C(=O)N/N=C/[C@@](C)([C@H](C(=O)O)N2C(=O)C[C@H]2C)[SH](=O)=O)c1O. The maximum absolute atomic E-state index is 12.4. The molecule has 2 rings (SSSR count). The van der Waals surface area contributed by atoms with Gasteiger partial charge in [-0.1, -0.05) is 0 Å². The van der Waals surface area contributed by atoms with Crippen molar-refractivity contribution in [3.05, 3.63) is 22.8 Å². The number of carboxylic acids is 1. The summed E-state index contributed by atoms with van der Waals surface area (Å²) in [4.78, 5) is 37.0. The maximum atomic E-state index is 12.4. The van der Waals surface area contributed by atoms with E-state index in [2.05, 4.69) is 5.10 Å². The molecule has 1 aliphatic rings. The lowest BCUT2D eigenvalue weighted by molar-refractivity contribution is -0.161. The van der Waals surface area contributed by atoms with E-state index in [1.807, 2.05) is 5.43 Å². The van der Waals surface area contributed by atoms with E-state index in [0.29, 0.717) is 0 Å². The lowest BCUT2D eigenvalue weighted by Crippen LogP contribution is -2.66. The summed E-state index contributed by atoms with van der Waals surface area (Å²) in [7, 11) is -3.43. The van der Waals surface area contributed by atoms with Gasteiger partial charge in [-0.3, -0.25) is 9.59 Å². The van der Waals surface area contributed by atoms with Crippen LogP contribution >= 0.6 is 0 Å². The molecule has 0 unspecified atom stereocenters. The van der Waals surface area contributed by atoms with E-state index in [0.717, 1.165) is 18.0 Å². The normalized spacial score (nSPS) is 19.4. The summed E-state index contributed by atoms with van der Waals surface area (Å²) in [6, 6.07) is -0.939. The molecule has 1 heterocycles.